The average Bonchev–Trinajstić information content (AvgIpc) is 2.97. The SMILES string of the molecule is Cc1cccc(-c2nc(-c3ccc(C(=O)O)cc3)cs2)c1. The van der Waals surface area contributed by atoms with Crippen molar-refractivity contribution in [1.82, 2.24) is 4.98 Å². The van der Waals surface area contributed by atoms with Crippen LogP contribution in [0.1, 0.15) is 15.9 Å². The van der Waals surface area contributed by atoms with Gasteiger partial charge in [-0.05, 0) is 25.1 Å². The van der Waals surface area contributed by atoms with Crippen molar-refractivity contribution in [2.24, 2.45) is 0 Å². The van der Waals surface area contributed by atoms with Gasteiger partial charge in [0.05, 0.1) is 11.3 Å². The van der Waals surface area contributed by atoms with E-state index in [9.17, 15) is 4.79 Å². The third-order valence-corrected chi connectivity index (χ3v) is 4.09. The molecule has 1 aromatic heterocycles. The van der Waals surface area contributed by atoms with E-state index < -0.39 is 5.97 Å². The summed E-state index contributed by atoms with van der Waals surface area (Å²) in [6.45, 7) is 2.06. The molecule has 1 N–H and O–H groups in total. The van der Waals surface area contributed by atoms with Gasteiger partial charge in [-0.3, -0.25) is 0 Å². The Morgan fingerprint density at radius 3 is 2.52 bits per heavy atom. The number of aromatic carboxylic acids is 1. The summed E-state index contributed by atoms with van der Waals surface area (Å²) in [5.74, 6) is -0.916. The number of nitrogens with zero attached hydrogens (tertiary/aromatic N) is 1. The highest BCUT2D eigenvalue weighted by atomic mass is 32.1. The van der Waals surface area contributed by atoms with E-state index in [0.29, 0.717) is 0 Å². The van der Waals surface area contributed by atoms with E-state index in [2.05, 4.69) is 24.0 Å². The third-order valence-electron chi connectivity index (χ3n) is 3.20. The Kier molecular flexibility index (Phi) is 3.54. The van der Waals surface area contributed by atoms with Crippen LogP contribution in [0.3, 0.4) is 0 Å². The van der Waals surface area contributed by atoms with E-state index >= 15 is 0 Å². The summed E-state index contributed by atoms with van der Waals surface area (Å²) in [4.78, 5) is 15.5. The standard InChI is InChI=1S/C17H13NO2S/c1-11-3-2-4-14(9-11)16-18-15(10-21-16)12-5-7-13(8-6-12)17(19)20/h2-10H,1H3,(H,19,20). The number of carboxylic acids is 1. The molecule has 0 unspecified atom stereocenters. The highest BCUT2D eigenvalue weighted by Crippen LogP contribution is 2.29. The van der Waals surface area contributed by atoms with Gasteiger partial charge >= 0.3 is 5.97 Å². The van der Waals surface area contributed by atoms with Crippen molar-refractivity contribution >= 4 is 17.3 Å². The minimum atomic E-state index is -0.916. The molecule has 0 aliphatic carbocycles. The fourth-order valence-electron chi connectivity index (χ4n) is 2.10. The Morgan fingerprint density at radius 2 is 1.86 bits per heavy atom. The number of carbonyl (C=O) groups is 1. The van der Waals surface area contributed by atoms with Gasteiger partial charge in [-0.25, -0.2) is 9.78 Å². The van der Waals surface area contributed by atoms with Crippen LogP contribution in [0.15, 0.2) is 53.9 Å². The minimum absolute atomic E-state index is 0.285. The lowest BCUT2D eigenvalue weighted by Crippen LogP contribution is -1.94. The van der Waals surface area contributed by atoms with Crippen molar-refractivity contribution in [3.63, 3.8) is 0 Å². The van der Waals surface area contributed by atoms with Gasteiger partial charge in [0.15, 0.2) is 0 Å². The van der Waals surface area contributed by atoms with Crippen LogP contribution in [-0.4, -0.2) is 16.1 Å². The predicted octanol–water partition coefficient (Wildman–Crippen LogP) is 4.48. The van der Waals surface area contributed by atoms with Gasteiger partial charge in [0.25, 0.3) is 0 Å². The van der Waals surface area contributed by atoms with Crippen LogP contribution in [0, 0.1) is 6.92 Å². The summed E-state index contributed by atoms with van der Waals surface area (Å²) in [7, 11) is 0. The molecular formula is C17H13NO2S. The number of hydrogen-bond donors (Lipinski definition) is 1. The van der Waals surface area contributed by atoms with Crippen LogP contribution < -0.4 is 0 Å². The smallest absolute Gasteiger partial charge is 0.335 e. The van der Waals surface area contributed by atoms with Crippen molar-refractivity contribution in [1.29, 1.82) is 0 Å². The molecule has 0 spiro atoms. The first kappa shape index (κ1) is 13.5. The zero-order chi connectivity index (χ0) is 14.8. The third kappa shape index (κ3) is 2.85. The molecule has 0 amide bonds. The lowest BCUT2D eigenvalue weighted by atomic mass is 10.1. The molecule has 0 radical (unpaired) electrons. The molecule has 0 atom stereocenters. The molecule has 2 aromatic carbocycles. The Hall–Kier alpha value is -2.46. The Morgan fingerprint density at radius 1 is 1.10 bits per heavy atom. The number of benzene rings is 2. The van der Waals surface area contributed by atoms with Gasteiger partial charge in [0.2, 0.25) is 0 Å². The zero-order valence-electron chi connectivity index (χ0n) is 11.4. The van der Waals surface area contributed by atoms with Gasteiger partial charge in [-0.1, -0.05) is 35.9 Å². The van der Waals surface area contributed by atoms with E-state index in [1.807, 2.05) is 17.5 Å². The highest BCUT2D eigenvalue weighted by Gasteiger charge is 2.08. The van der Waals surface area contributed by atoms with Crippen molar-refractivity contribution in [3.8, 4) is 21.8 Å². The molecule has 3 rings (SSSR count). The number of aryl methyl sites for hydroxylation is 1. The molecular weight excluding hydrogens is 282 g/mol. The summed E-state index contributed by atoms with van der Waals surface area (Å²) in [6.07, 6.45) is 0. The maximum atomic E-state index is 10.9. The summed E-state index contributed by atoms with van der Waals surface area (Å²) in [6, 6.07) is 15.0. The first-order valence-corrected chi connectivity index (χ1v) is 7.38. The second kappa shape index (κ2) is 5.50. The van der Waals surface area contributed by atoms with Crippen molar-refractivity contribution in [2.75, 3.05) is 0 Å². The maximum Gasteiger partial charge on any atom is 0.335 e. The van der Waals surface area contributed by atoms with Crippen molar-refractivity contribution in [2.45, 2.75) is 6.92 Å². The van der Waals surface area contributed by atoms with E-state index in [1.165, 1.54) is 5.56 Å². The largest absolute Gasteiger partial charge is 0.478 e. The van der Waals surface area contributed by atoms with Gasteiger partial charge in [0, 0.05) is 16.5 Å². The summed E-state index contributed by atoms with van der Waals surface area (Å²) >= 11 is 1.59. The fourth-order valence-corrected chi connectivity index (χ4v) is 2.93. The molecule has 0 aliphatic rings. The van der Waals surface area contributed by atoms with Crippen LogP contribution in [0.5, 0.6) is 0 Å². The molecule has 0 bridgehead atoms. The first-order chi connectivity index (χ1) is 10.1. The van der Waals surface area contributed by atoms with E-state index in [-0.39, 0.29) is 5.56 Å². The fraction of sp³-hybridized carbons (Fsp3) is 0.0588. The van der Waals surface area contributed by atoms with E-state index in [0.717, 1.165) is 21.8 Å². The summed E-state index contributed by atoms with van der Waals surface area (Å²) in [5, 5.41) is 11.9. The average molecular weight is 295 g/mol. The zero-order valence-corrected chi connectivity index (χ0v) is 12.2. The van der Waals surface area contributed by atoms with Crippen molar-refractivity contribution in [3.05, 3.63) is 65.0 Å². The van der Waals surface area contributed by atoms with Gasteiger partial charge in [0.1, 0.15) is 5.01 Å². The topological polar surface area (TPSA) is 50.2 Å². The summed E-state index contributed by atoms with van der Waals surface area (Å²) in [5.41, 5.74) is 4.39. The predicted molar refractivity (Wildman–Crippen MR) is 84.7 cm³/mol. The van der Waals surface area contributed by atoms with Crippen LogP contribution in [0.25, 0.3) is 21.8 Å². The number of carboxylic acid groups (broad SMARTS) is 1. The molecule has 0 aliphatic heterocycles. The van der Waals surface area contributed by atoms with Crippen LogP contribution in [0.4, 0.5) is 0 Å². The second-order valence-electron chi connectivity index (χ2n) is 4.79. The molecule has 0 saturated carbocycles. The Bertz CT molecular complexity index is 791. The molecule has 0 saturated heterocycles. The Labute approximate surface area is 126 Å². The highest BCUT2D eigenvalue weighted by molar-refractivity contribution is 7.13. The molecule has 21 heavy (non-hydrogen) atoms. The van der Waals surface area contributed by atoms with E-state index in [4.69, 9.17) is 5.11 Å². The first-order valence-electron chi connectivity index (χ1n) is 6.50. The summed E-state index contributed by atoms with van der Waals surface area (Å²) < 4.78 is 0. The lowest BCUT2D eigenvalue weighted by molar-refractivity contribution is 0.0697. The van der Waals surface area contributed by atoms with Crippen LogP contribution in [0.2, 0.25) is 0 Å². The maximum absolute atomic E-state index is 10.9. The second-order valence-corrected chi connectivity index (χ2v) is 5.65. The number of thiazole rings is 1. The number of rotatable bonds is 3. The molecule has 3 aromatic rings. The van der Waals surface area contributed by atoms with Crippen LogP contribution >= 0.6 is 11.3 Å². The number of hydrogen-bond acceptors (Lipinski definition) is 3. The molecule has 0 fully saturated rings. The van der Waals surface area contributed by atoms with Gasteiger partial charge in [-0.15, -0.1) is 11.3 Å². The molecule has 3 nitrogen and oxygen atoms in total. The van der Waals surface area contributed by atoms with Crippen LogP contribution in [-0.2, 0) is 0 Å². The van der Waals surface area contributed by atoms with Gasteiger partial charge < -0.3 is 5.11 Å². The molecule has 104 valence electrons. The quantitative estimate of drug-likeness (QED) is 0.775. The normalized spacial score (nSPS) is 10.5. The van der Waals surface area contributed by atoms with E-state index in [1.54, 1.807) is 35.6 Å². The molecule has 1 heterocycles. The Balaban J connectivity index is 1.93. The van der Waals surface area contributed by atoms with Gasteiger partial charge in [-0.2, -0.15) is 0 Å². The minimum Gasteiger partial charge on any atom is -0.478 e. The monoisotopic (exact) mass is 295 g/mol. The lowest BCUT2D eigenvalue weighted by Gasteiger charge is -1.99. The number of aromatic nitrogens is 1. The molecule has 4 heteroatoms. The van der Waals surface area contributed by atoms with Crippen molar-refractivity contribution < 1.29 is 9.90 Å².